The molecule has 0 unspecified atom stereocenters. The summed E-state index contributed by atoms with van der Waals surface area (Å²) >= 11 is 0. The molecule has 0 spiro atoms. The molecule has 0 aliphatic rings. The number of phenols is 1. The van der Waals surface area contributed by atoms with E-state index in [2.05, 4.69) is 9.97 Å². The average Bonchev–Trinajstić information content (AvgIpc) is 2.32. The van der Waals surface area contributed by atoms with Crippen molar-refractivity contribution in [3.05, 3.63) is 35.8 Å². The Bertz CT molecular complexity index is 575. The maximum atomic E-state index is 13.3. The highest BCUT2D eigenvalue weighted by molar-refractivity contribution is 5.58. The van der Waals surface area contributed by atoms with Crippen LogP contribution in [0, 0.1) is 5.82 Å². The number of nitrogen functional groups attached to an aromatic ring is 1. The van der Waals surface area contributed by atoms with Gasteiger partial charge in [-0.1, -0.05) is 0 Å². The van der Waals surface area contributed by atoms with Crippen LogP contribution in [0.4, 0.5) is 10.2 Å². The lowest BCUT2D eigenvalue weighted by molar-refractivity contribution is 0.181. The van der Waals surface area contributed by atoms with Gasteiger partial charge in [0.1, 0.15) is 5.82 Å². The lowest BCUT2D eigenvalue weighted by Crippen LogP contribution is -2.01. The van der Waals surface area contributed by atoms with Crippen LogP contribution in [0.5, 0.6) is 5.75 Å². The van der Waals surface area contributed by atoms with Gasteiger partial charge in [0.2, 0.25) is 0 Å². The molecular weight excluding hydrogens is 237 g/mol. The monoisotopic (exact) mass is 249 g/mol. The summed E-state index contributed by atoms with van der Waals surface area (Å²) in [5.74, 6) is -0.576. The minimum atomic E-state index is -0.730. The predicted molar refractivity (Wildman–Crippen MR) is 64.2 cm³/mol. The molecule has 0 atom stereocenters. The third kappa shape index (κ3) is 2.54. The number of hydrogen-bond acceptors (Lipinski definition) is 5. The van der Waals surface area contributed by atoms with E-state index in [1.807, 2.05) is 0 Å². The number of nitrogens with zero attached hydrogens (tertiary/aromatic N) is 2. The molecule has 0 radical (unpaired) electrons. The van der Waals surface area contributed by atoms with Crippen LogP contribution in [0.2, 0.25) is 0 Å². The summed E-state index contributed by atoms with van der Waals surface area (Å²) in [5, 5.41) is 9.12. The van der Waals surface area contributed by atoms with Gasteiger partial charge in [0.05, 0.1) is 12.3 Å². The van der Waals surface area contributed by atoms with Crippen LogP contribution >= 0.6 is 0 Å². The zero-order valence-corrected chi connectivity index (χ0v) is 9.72. The molecule has 94 valence electrons. The predicted octanol–water partition coefficient (Wildman–Crippen LogP) is 1.72. The molecule has 2 rings (SSSR count). The normalized spacial score (nSPS) is 10.6. The first kappa shape index (κ1) is 12.3. The van der Waals surface area contributed by atoms with Gasteiger partial charge in [-0.05, 0) is 18.2 Å². The van der Waals surface area contributed by atoms with Crippen LogP contribution < -0.4 is 5.73 Å². The number of hydrogen-bond donors (Lipinski definition) is 2. The molecule has 0 saturated carbocycles. The average molecular weight is 249 g/mol. The van der Waals surface area contributed by atoms with Crippen molar-refractivity contribution in [2.45, 2.75) is 6.61 Å². The van der Waals surface area contributed by atoms with Gasteiger partial charge in [0.15, 0.2) is 17.4 Å². The third-order valence-corrected chi connectivity index (χ3v) is 2.30. The molecule has 2 aromatic rings. The Balaban J connectivity index is 2.46. The fourth-order valence-electron chi connectivity index (χ4n) is 1.52. The lowest BCUT2D eigenvalue weighted by atomic mass is 10.2. The molecule has 0 aliphatic heterocycles. The second kappa shape index (κ2) is 4.97. The first-order valence-electron chi connectivity index (χ1n) is 5.21. The Labute approximate surface area is 103 Å². The number of nitrogens with two attached hydrogens (primary N) is 1. The summed E-state index contributed by atoms with van der Waals surface area (Å²) < 4.78 is 18.2. The number of ether oxygens (including phenoxy) is 1. The number of phenolic OH excluding ortho intramolecular Hbond substituents is 1. The standard InChI is InChI=1S/C12H12FN3O2/c1-18-6-8-5-11(14)16-12(15-8)7-2-3-10(17)9(13)4-7/h2-5,17H,6H2,1H3,(H2,14,15,16). The number of benzene rings is 1. The quantitative estimate of drug-likeness (QED) is 0.865. The highest BCUT2D eigenvalue weighted by atomic mass is 19.1. The zero-order valence-electron chi connectivity index (χ0n) is 9.72. The number of aromatic nitrogens is 2. The molecule has 1 aromatic heterocycles. The Morgan fingerprint density at radius 1 is 1.33 bits per heavy atom. The molecule has 0 fully saturated rings. The fraction of sp³-hybridized carbons (Fsp3) is 0.167. The maximum Gasteiger partial charge on any atom is 0.165 e. The van der Waals surface area contributed by atoms with Crippen LogP contribution in [0.1, 0.15) is 5.69 Å². The smallest absolute Gasteiger partial charge is 0.165 e. The van der Waals surface area contributed by atoms with E-state index in [9.17, 15) is 4.39 Å². The molecule has 5 nitrogen and oxygen atoms in total. The van der Waals surface area contributed by atoms with Gasteiger partial charge in [-0.3, -0.25) is 0 Å². The Hall–Kier alpha value is -2.21. The summed E-state index contributed by atoms with van der Waals surface area (Å²) in [6.45, 7) is 0.292. The Morgan fingerprint density at radius 3 is 2.78 bits per heavy atom. The minimum Gasteiger partial charge on any atom is -0.505 e. The van der Waals surface area contributed by atoms with Crippen LogP contribution in [-0.4, -0.2) is 22.2 Å². The van der Waals surface area contributed by atoms with Crippen molar-refractivity contribution in [3.63, 3.8) is 0 Å². The molecule has 6 heteroatoms. The number of aromatic hydroxyl groups is 1. The zero-order chi connectivity index (χ0) is 13.1. The van der Waals surface area contributed by atoms with Gasteiger partial charge in [0, 0.05) is 18.7 Å². The van der Waals surface area contributed by atoms with Crippen molar-refractivity contribution in [3.8, 4) is 17.1 Å². The van der Waals surface area contributed by atoms with Crippen molar-refractivity contribution in [1.29, 1.82) is 0 Å². The molecule has 0 aliphatic carbocycles. The maximum absolute atomic E-state index is 13.3. The first-order valence-corrected chi connectivity index (χ1v) is 5.21. The van der Waals surface area contributed by atoms with Gasteiger partial charge in [-0.15, -0.1) is 0 Å². The van der Waals surface area contributed by atoms with Crippen molar-refractivity contribution in [1.82, 2.24) is 9.97 Å². The van der Waals surface area contributed by atoms with Crippen LogP contribution in [-0.2, 0) is 11.3 Å². The van der Waals surface area contributed by atoms with E-state index >= 15 is 0 Å². The largest absolute Gasteiger partial charge is 0.505 e. The van der Waals surface area contributed by atoms with Crippen molar-refractivity contribution in [2.24, 2.45) is 0 Å². The summed E-state index contributed by atoms with van der Waals surface area (Å²) in [4.78, 5) is 8.22. The van der Waals surface area contributed by atoms with Gasteiger partial charge < -0.3 is 15.6 Å². The highest BCUT2D eigenvalue weighted by Gasteiger charge is 2.08. The van der Waals surface area contributed by atoms with E-state index in [1.165, 1.54) is 19.2 Å². The van der Waals surface area contributed by atoms with Gasteiger partial charge in [0.25, 0.3) is 0 Å². The second-order valence-electron chi connectivity index (χ2n) is 3.71. The molecule has 3 N–H and O–H groups in total. The molecule has 0 bridgehead atoms. The van der Waals surface area contributed by atoms with E-state index < -0.39 is 11.6 Å². The summed E-state index contributed by atoms with van der Waals surface area (Å²) in [7, 11) is 1.54. The minimum absolute atomic E-state index is 0.278. The van der Waals surface area contributed by atoms with Gasteiger partial charge in [-0.2, -0.15) is 0 Å². The van der Waals surface area contributed by atoms with Crippen LogP contribution in [0.15, 0.2) is 24.3 Å². The summed E-state index contributed by atoms with van der Waals surface area (Å²) in [5.41, 5.74) is 6.69. The molecule has 0 amide bonds. The van der Waals surface area contributed by atoms with Crippen molar-refractivity contribution < 1.29 is 14.2 Å². The van der Waals surface area contributed by atoms with E-state index in [1.54, 1.807) is 6.07 Å². The number of anilines is 1. The first-order chi connectivity index (χ1) is 8.60. The Kier molecular flexibility index (Phi) is 3.38. The summed E-state index contributed by atoms with van der Waals surface area (Å²) in [6, 6.07) is 5.50. The topological polar surface area (TPSA) is 81.3 Å². The molecule has 0 saturated heterocycles. The molecule has 1 aromatic carbocycles. The third-order valence-electron chi connectivity index (χ3n) is 2.30. The SMILES string of the molecule is COCc1cc(N)nc(-c2ccc(O)c(F)c2)n1. The van der Waals surface area contributed by atoms with Gasteiger partial charge >= 0.3 is 0 Å². The number of rotatable bonds is 3. The molecule has 18 heavy (non-hydrogen) atoms. The molecule has 1 heterocycles. The van der Waals surface area contributed by atoms with E-state index in [-0.39, 0.29) is 5.82 Å². The Morgan fingerprint density at radius 2 is 2.11 bits per heavy atom. The van der Waals surface area contributed by atoms with Gasteiger partial charge in [-0.25, -0.2) is 14.4 Å². The fourth-order valence-corrected chi connectivity index (χ4v) is 1.52. The van der Waals surface area contributed by atoms with E-state index in [0.29, 0.717) is 23.7 Å². The van der Waals surface area contributed by atoms with Crippen molar-refractivity contribution in [2.75, 3.05) is 12.8 Å². The highest BCUT2D eigenvalue weighted by Crippen LogP contribution is 2.23. The van der Waals surface area contributed by atoms with Crippen LogP contribution in [0.3, 0.4) is 0 Å². The van der Waals surface area contributed by atoms with E-state index in [4.69, 9.17) is 15.6 Å². The summed E-state index contributed by atoms with van der Waals surface area (Å²) in [6.07, 6.45) is 0. The number of methoxy groups -OCH3 is 1. The van der Waals surface area contributed by atoms with E-state index in [0.717, 1.165) is 6.07 Å². The lowest BCUT2D eigenvalue weighted by Gasteiger charge is -2.06. The molecular formula is C12H12FN3O2. The second-order valence-corrected chi connectivity index (χ2v) is 3.71. The number of halogens is 1. The van der Waals surface area contributed by atoms with Crippen molar-refractivity contribution >= 4 is 5.82 Å². The van der Waals surface area contributed by atoms with Crippen LogP contribution in [0.25, 0.3) is 11.4 Å².